The summed E-state index contributed by atoms with van der Waals surface area (Å²) in [6.07, 6.45) is 2.96. The van der Waals surface area contributed by atoms with E-state index >= 15 is 0 Å². The lowest BCUT2D eigenvalue weighted by atomic mass is 9.94. The molecule has 3 rings (SSSR count). The summed E-state index contributed by atoms with van der Waals surface area (Å²) in [5.74, 6) is 4.89. The molecule has 2 heterocycles. The van der Waals surface area contributed by atoms with Crippen LogP contribution in [-0.4, -0.2) is 21.1 Å². The van der Waals surface area contributed by atoms with Gasteiger partial charge in [0.15, 0.2) is 0 Å². The molecule has 0 bridgehead atoms. The van der Waals surface area contributed by atoms with Gasteiger partial charge < -0.3 is 11.5 Å². The minimum absolute atomic E-state index is 0.459. The Bertz CT molecular complexity index is 1010. The predicted molar refractivity (Wildman–Crippen MR) is 106 cm³/mol. The Hall–Kier alpha value is -2.95. The first-order valence-electron chi connectivity index (χ1n) is 8.11. The predicted octanol–water partition coefficient (Wildman–Crippen LogP) is 2.77. The van der Waals surface area contributed by atoms with Crippen LogP contribution in [0.5, 0.6) is 0 Å². The highest BCUT2D eigenvalue weighted by Crippen LogP contribution is 2.29. The highest BCUT2D eigenvalue weighted by atomic mass is 35.5. The van der Waals surface area contributed by atoms with E-state index in [9.17, 15) is 4.79 Å². The number of hydrogen-bond acceptors (Lipinski definition) is 6. The zero-order valence-electron chi connectivity index (χ0n) is 14.2. The van der Waals surface area contributed by atoms with Gasteiger partial charge in [-0.1, -0.05) is 53.0 Å². The van der Waals surface area contributed by atoms with Crippen molar-refractivity contribution in [3.05, 3.63) is 69.4 Å². The summed E-state index contributed by atoms with van der Waals surface area (Å²) in [4.78, 5) is 16.3. The smallest absolute Gasteiger partial charge is 0.231 e. The number of rotatable bonds is 5. The van der Waals surface area contributed by atoms with Gasteiger partial charge >= 0.3 is 0 Å². The Morgan fingerprint density at radius 3 is 2.67 bits per heavy atom. The molecule has 0 fully saturated rings. The number of carbonyl (C=O) groups is 1. The quantitative estimate of drug-likeness (QED) is 0.643. The third-order valence-corrected chi connectivity index (χ3v) is 4.92. The van der Waals surface area contributed by atoms with Crippen LogP contribution >= 0.6 is 22.9 Å². The van der Waals surface area contributed by atoms with E-state index < -0.39 is 11.8 Å². The highest BCUT2D eigenvalue weighted by molar-refractivity contribution is 7.15. The van der Waals surface area contributed by atoms with Gasteiger partial charge in [0, 0.05) is 29.6 Å². The second-order valence-electron chi connectivity index (χ2n) is 5.66. The van der Waals surface area contributed by atoms with Crippen LogP contribution in [0.1, 0.15) is 34.2 Å². The van der Waals surface area contributed by atoms with Gasteiger partial charge in [-0.15, -0.1) is 10.2 Å². The van der Waals surface area contributed by atoms with Crippen LogP contribution in [0.15, 0.2) is 42.6 Å². The fourth-order valence-corrected chi connectivity index (χ4v) is 3.37. The number of pyridine rings is 1. The summed E-state index contributed by atoms with van der Waals surface area (Å²) >= 11 is 7.57. The van der Waals surface area contributed by atoms with E-state index in [4.69, 9.17) is 23.1 Å². The summed E-state index contributed by atoms with van der Waals surface area (Å²) in [5.41, 5.74) is 13.0. The lowest BCUT2D eigenvalue weighted by molar-refractivity contribution is -0.118. The number of hydrogen-bond donors (Lipinski definition) is 2. The number of anilines is 1. The minimum atomic E-state index is -0.705. The van der Waals surface area contributed by atoms with E-state index in [2.05, 4.69) is 27.0 Å². The maximum atomic E-state index is 12.0. The first kappa shape index (κ1) is 18.8. The third-order valence-electron chi connectivity index (χ3n) is 3.76. The molecular formula is C19H16ClN5OS. The van der Waals surface area contributed by atoms with Gasteiger partial charge in [-0.05, 0) is 23.8 Å². The number of carbonyl (C=O) groups excluding carboxylic acids is 1. The molecule has 8 heteroatoms. The molecular weight excluding hydrogens is 382 g/mol. The molecule has 0 radical (unpaired) electrons. The van der Waals surface area contributed by atoms with Crippen molar-refractivity contribution in [3.63, 3.8) is 0 Å². The fourth-order valence-electron chi connectivity index (χ4n) is 2.52. The molecule has 0 aliphatic carbocycles. The van der Waals surface area contributed by atoms with E-state index in [1.807, 2.05) is 12.1 Å². The van der Waals surface area contributed by atoms with E-state index in [1.54, 1.807) is 30.5 Å². The Morgan fingerprint density at radius 1 is 1.22 bits per heavy atom. The van der Waals surface area contributed by atoms with Crippen LogP contribution in [0.4, 0.5) is 5.13 Å². The second kappa shape index (κ2) is 8.62. The molecule has 27 heavy (non-hydrogen) atoms. The van der Waals surface area contributed by atoms with Crippen molar-refractivity contribution in [3.8, 4) is 11.8 Å². The zero-order valence-corrected chi connectivity index (χ0v) is 15.8. The third kappa shape index (κ3) is 4.82. The van der Waals surface area contributed by atoms with E-state index in [1.165, 1.54) is 11.3 Å². The van der Waals surface area contributed by atoms with Crippen molar-refractivity contribution >= 4 is 34.0 Å². The van der Waals surface area contributed by atoms with Gasteiger partial charge in [0.05, 0.1) is 5.69 Å². The molecule has 1 atom stereocenters. The molecule has 0 aliphatic heterocycles. The van der Waals surface area contributed by atoms with Gasteiger partial charge in [-0.2, -0.15) is 0 Å². The molecule has 3 aromatic rings. The van der Waals surface area contributed by atoms with Crippen LogP contribution in [0.3, 0.4) is 0 Å². The summed E-state index contributed by atoms with van der Waals surface area (Å²) in [7, 11) is 0. The molecule has 1 amide bonds. The van der Waals surface area contributed by atoms with Gasteiger partial charge in [0.2, 0.25) is 11.0 Å². The molecule has 0 saturated carbocycles. The van der Waals surface area contributed by atoms with Crippen molar-refractivity contribution in [1.29, 1.82) is 0 Å². The number of aromatic nitrogens is 3. The van der Waals surface area contributed by atoms with Crippen molar-refractivity contribution in [2.24, 2.45) is 5.73 Å². The maximum Gasteiger partial charge on any atom is 0.231 e. The van der Waals surface area contributed by atoms with Crippen LogP contribution < -0.4 is 11.5 Å². The number of amides is 1. The Balaban J connectivity index is 1.71. The SMILES string of the molecule is NC(=O)C(c1ccc(C#CCCc2nnc(N)s2)cn1)c1ccccc1Cl. The van der Waals surface area contributed by atoms with Gasteiger partial charge in [0.25, 0.3) is 0 Å². The molecule has 6 nitrogen and oxygen atoms in total. The Kier molecular flexibility index (Phi) is 6.01. The summed E-state index contributed by atoms with van der Waals surface area (Å²) < 4.78 is 0. The number of aryl methyl sites for hydroxylation is 1. The topological polar surface area (TPSA) is 108 Å². The Labute approximate surface area is 165 Å². The first-order valence-corrected chi connectivity index (χ1v) is 9.30. The average Bonchev–Trinajstić information content (AvgIpc) is 3.07. The summed E-state index contributed by atoms with van der Waals surface area (Å²) in [6.45, 7) is 0. The van der Waals surface area contributed by atoms with Crippen LogP contribution in [0.25, 0.3) is 0 Å². The number of benzene rings is 1. The molecule has 4 N–H and O–H groups in total. The lowest BCUT2D eigenvalue weighted by Gasteiger charge is -2.14. The normalized spacial score (nSPS) is 11.4. The monoisotopic (exact) mass is 397 g/mol. The number of primary amides is 1. The summed E-state index contributed by atoms with van der Waals surface area (Å²) in [6, 6.07) is 10.7. The lowest BCUT2D eigenvalue weighted by Crippen LogP contribution is -2.23. The number of nitrogens with zero attached hydrogens (tertiary/aromatic N) is 3. The molecule has 1 unspecified atom stereocenters. The highest BCUT2D eigenvalue weighted by Gasteiger charge is 2.23. The number of halogens is 1. The maximum absolute atomic E-state index is 12.0. The molecule has 2 aromatic heterocycles. The fraction of sp³-hybridized carbons (Fsp3) is 0.158. The van der Waals surface area contributed by atoms with Crippen LogP contribution in [0.2, 0.25) is 5.02 Å². The van der Waals surface area contributed by atoms with Crippen molar-refractivity contribution < 1.29 is 4.79 Å². The van der Waals surface area contributed by atoms with Crippen molar-refractivity contribution in [2.75, 3.05) is 5.73 Å². The van der Waals surface area contributed by atoms with E-state index in [-0.39, 0.29) is 0 Å². The molecule has 0 saturated heterocycles. The largest absolute Gasteiger partial charge is 0.374 e. The first-order chi connectivity index (χ1) is 13.0. The zero-order chi connectivity index (χ0) is 19.2. The van der Waals surface area contributed by atoms with E-state index in [0.717, 1.165) is 10.6 Å². The van der Waals surface area contributed by atoms with Gasteiger partial charge in [-0.3, -0.25) is 9.78 Å². The minimum Gasteiger partial charge on any atom is -0.374 e. The van der Waals surface area contributed by atoms with Gasteiger partial charge in [-0.25, -0.2) is 0 Å². The van der Waals surface area contributed by atoms with Crippen LogP contribution in [-0.2, 0) is 11.2 Å². The van der Waals surface area contributed by atoms with Gasteiger partial charge in [0.1, 0.15) is 10.9 Å². The van der Waals surface area contributed by atoms with Crippen molar-refractivity contribution in [2.45, 2.75) is 18.8 Å². The number of nitrogen functional groups attached to an aromatic ring is 1. The summed E-state index contributed by atoms with van der Waals surface area (Å²) in [5, 5.41) is 9.51. The van der Waals surface area contributed by atoms with Crippen molar-refractivity contribution in [1.82, 2.24) is 15.2 Å². The number of nitrogens with two attached hydrogens (primary N) is 2. The average molecular weight is 398 g/mol. The Morgan fingerprint density at radius 2 is 2.04 bits per heavy atom. The van der Waals surface area contributed by atoms with Crippen LogP contribution in [0, 0.1) is 11.8 Å². The van der Waals surface area contributed by atoms with E-state index in [0.29, 0.717) is 34.3 Å². The molecule has 0 aliphatic rings. The molecule has 0 spiro atoms. The molecule has 1 aromatic carbocycles. The standard InChI is InChI=1S/C19H16ClN5OS/c20-14-7-3-2-6-13(14)17(18(21)26)15-10-9-12(11-23-15)5-1-4-8-16-24-25-19(22)27-16/h2-3,6-7,9-11,17H,4,8H2,(H2,21,26)(H2,22,25). The second-order valence-corrected chi connectivity index (χ2v) is 7.17. The molecule has 136 valence electrons.